The number of carbonyl (C=O) groups excluding carboxylic acids is 2. The Morgan fingerprint density at radius 2 is 1.03 bits per heavy atom. The minimum Gasteiger partial charge on any atom is -0.494 e. The van der Waals surface area contributed by atoms with Gasteiger partial charge in [0.1, 0.15) is 23.0 Å². The third-order valence-electron chi connectivity index (χ3n) is 3.90. The van der Waals surface area contributed by atoms with Gasteiger partial charge in [-0.15, -0.1) is 0 Å². The number of hydrogen-bond donors (Lipinski definition) is 0. The summed E-state index contributed by atoms with van der Waals surface area (Å²) in [7, 11) is 0. The fraction of sp³-hybridized carbons (Fsp3) is 0.174. The highest BCUT2D eigenvalue weighted by Gasteiger charge is 2.15. The molecule has 0 atom stereocenters. The minimum atomic E-state index is -0.637. The van der Waals surface area contributed by atoms with Crippen molar-refractivity contribution in [2.24, 2.45) is 0 Å². The Labute approximate surface area is 174 Å². The van der Waals surface area contributed by atoms with Gasteiger partial charge >= 0.3 is 11.9 Å². The van der Waals surface area contributed by atoms with Gasteiger partial charge in [-0.3, -0.25) is 4.98 Å². The summed E-state index contributed by atoms with van der Waals surface area (Å²) in [5.41, 5.74) is 0.259. The van der Waals surface area contributed by atoms with Crippen molar-refractivity contribution in [1.29, 1.82) is 0 Å². The lowest BCUT2D eigenvalue weighted by Crippen LogP contribution is -2.13. The third kappa shape index (κ3) is 5.57. The zero-order valence-electron chi connectivity index (χ0n) is 16.7. The van der Waals surface area contributed by atoms with Crippen molar-refractivity contribution in [1.82, 2.24) is 4.98 Å². The second kappa shape index (κ2) is 10.1. The van der Waals surface area contributed by atoms with E-state index in [0.717, 1.165) is 0 Å². The van der Waals surface area contributed by atoms with Crippen molar-refractivity contribution in [2.75, 3.05) is 13.2 Å². The van der Waals surface area contributed by atoms with E-state index in [1.807, 2.05) is 13.8 Å². The SMILES string of the molecule is CCOc1ccc(OC(=O)c2cncc(C(=O)Oc3ccc(OCC)cc3)c2)cc1. The molecule has 0 saturated carbocycles. The average Bonchev–Trinajstić information content (AvgIpc) is 2.77. The van der Waals surface area contributed by atoms with Crippen LogP contribution in [0.3, 0.4) is 0 Å². The smallest absolute Gasteiger partial charge is 0.345 e. The number of esters is 2. The molecule has 7 nitrogen and oxygen atoms in total. The lowest BCUT2D eigenvalue weighted by Gasteiger charge is -2.08. The highest BCUT2D eigenvalue weighted by molar-refractivity contribution is 5.96. The molecule has 0 aliphatic carbocycles. The maximum atomic E-state index is 12.4. The Balaban J connectivity index is 1.65. The van der Waals surface area contributed by atoms with E-state index in [1.165, 1.54) is 18.5 Å². The van der Waals surface area contributed by atoms with Crippen LogP contribution < -0.4 is 18.9 Å². The average molecular weight is 407 g/mol. The molecule has 30 heavy (non-hydrogen) atoms. The van der Waals surface area contributed by atoms with Gasteiger partial charge < -0.3 is 18.9 Å². The normalized spacial score (nSPS) is 10.2. The first-order chi connectivity index (χ1) is 14.6. The number of carbonyl (C=O) groups is 2. The first-order valence-corrected chi connectivity index (χ1v) is 9.44. The van der Waals surface area contributed by atoms with Gasteiger partial charge in [-0.2, -0.15) is 0 Å². The van der Waals surface area contributed by atoms with Crippen molar-refractivity contribution in [2.45, 2.75) is 13.8 Å². The lowest BCUT2D eigenvalue weighted by atomic mass is 10.2. The van der Waals surface area contributed by atoms with Crippen LogP contribution in [-0.2, 0) is 0 Å². The zero-order valence-corrected chi connectivity index (χ0v) is 16.7. The number of ether oxygens (including phenoxy) is 4. The lowest BCUT2D eigenvalue weighted by molar-refractivity contribution is 0.0734. The molecular formula is C23H21NO6. The molecule has 0 bridgehead atoms. The molecule has 3 rings (SSSR count). The second-order valence-corrected chi connectivity index (χ2v) is 6.05. The monoisotopic (exact) mass is 407 g/mol. The molecule has 3 aromatic rings. The number of nitrogens with zero attached hydrogens (tertiary/aromatic N) is 1. The van der Waals surface area contributed by atoms with E-state index in [9.17, 15) is 9.59 Å². The summed E-state index contributed by atoms with van der Waals surface area (Å²) in [5, 5.41) is 0. The fourth-order valence-electron chi connectivity index (χ4n) is 2.54. The van der Waals surface area contributed by atoms with E-state index >= 15 is 0 Å². The Bertz CT molecular complexity index is 920. The van der Waals surface area contributed by atoms with Gasteiger partial charge in [0.05, 0.1) is 24.3 Å². The molecule has 7 heteroatoms. The van der Waals surface area contributed by atoms with E-state index in [4.69, 9.17) is 18.9 Å². The summed E-state index contributed by atoms with van der Waals surface area (Å²) >= 11 is 0. The van der Waals surface area contributed by atoms with Crippen LogP contribution in [0.5, 0.6) is 23.0 Å². The van der Waals surface area contributed by atoms with Gasteiger partial charge in [-0.1, -0.05) is 0 Å². The molecule has 0 radical (unpaired) electrons. The van der Waals surface area contributed by atoms with Crippen molar-refractivity contribution in [3.8, 4) is 23.0 Å². The Hall–Kier alpha value is -3.87. The van der Waals surface area contributed by atoms with Gasteiger partial charge in [-0.05, 0) is 68.4 Å². The van der Waals surface area contributed by atoms with E-state index < -0.39 is 11.9 Å². The van der Waals surface area contributed by atoms with E-state index in [0.29, 0.717) is 36.2 Å². The highest BCUT2D eigenvalue weighted by atomic mass is 16.5. The number of aromatic nitrogens is 1. The predicted molar refractivity (Wildman–Crippen MR) is 109 cm³/mol. The van der Waals surface area contributed by atoms with E-state index in [2.05, 4.69) is 4.98 Å². The highest BCUT2D eigenvalue weighted by Crippen LogP contribution is 2.20. The van der Waals surface area contributed by atoms with E-state index in [1.54, 1.807) is 48.5 Å². The quantitative estimate of drug-likeness (QED) is 0.406. The van der Waals surface area contributed by atoms with Gasteiger partial charge in [0.25, 0.3) is 0 Å². The molecule has 0 saturated heterocycles. The molecule has 0 aliphatic heterocycles. The van der Waals surface area contributed by atoms with Crippen LogP contribution in [0.4, 0.5) is 0 Å². The molecule has 1 heterocycles. The molecular weight excluding hydrogens is 386 g/mol. The molecule has 2 aromatic carbocycles. The molecule has 0 unspecified atom stereocenters. The third-order valence-corrected chi connectivity index (χ3v) is 3.90. The predicted octanol–water partition coefficient (Wildman–Crippen LogP) is 4.32. The number of benzene rings is 2. The molecule has 154 valence electrons. The largest absolute Gasteiger partial charge is 0.494 e. The molecule has 0 spiro atoms. The van der Waals surface area contributed by atoms with Gasteiger partial charge in [0.15, 0.2) is 0 Å². The van der Waals surface area contributed by atoms with E-state index in [-0.39, 0.29) is 11.1 Å². The van der Waals surface area contributed by atoms with Crippen LogP contribution in [0.1, 0.15) is 34.6 Å². The Kier molecular flexibility index (Phi) is 7.00. The maximum Gasteiger partial charge on any atom is 0.345 e. The van der Waals surface area contributed by atoms with Crippen LogP contribution in [0.25, 0.3) is 0 Å². The molecule has 1 aromatic heterocycles. The number of rotatable bonds is 8. The number of hydrogen-bond acceptors (Lipinski definition) is 7. The topological polar surface area (TPSA) is 84.0 Å². The van der Waals surface area contributed by atoms with Crippen LogP contribution >= 0.6 is 0 Å². The Morgan fingerprint density at radius 1 is 0.667 bits per heavy atom. The van der Waals surface area contributed by atoms with Crippen LogP contribution in [0.2, 0.25) is 0 Å². The van der Waals surface area contributed by atoms with Crippen molar-refractivity contribution in [3.05, 3.63) is 78.1 Å². The van der Waals surface area contributed by atoms with Crippen molar-refractivity contribution in [3.63, 3.8) is 0 Å². The molecule has 0 fully saturated rings. The second-order valence-electron chi connectivity index (χ2n) is 6.05. The van der Waals surface area contributed by atoms with Crippen LogP contribution in [0.15, 0.2) is 67.0 Å². The summed E-state index contributed by atoms with van der Waals surface area (Å²) in [4.78, 5) is 28.7. The zero-order chi connectivity index (χ0) is 21.3. The fourth-order valence-corrected chi connectivity index (χ4v) is 2.54. The summed E-state index contributed by atoms with van der Waals surface area (Å²) in [6.07, 6.45) is 2.65. The molecule has 0 aliphatic rings. The maximum absolute atomic E-state index is 12.4. The summed E-state index contributed by atoms with van der Waals surface area (Å²) < 4.78 is 21.3. The standard InChI is InChI=1S/C23H21NO6/c1-3-27-18-5-9-20(10-6-18)29-22(25)16-13-17(15-24-14-16)23(26)30-21-11-7-19(8-12-21)28-4-2/h5-15H,3-4H2,1-2H3. The first-order valence-electron chi connectivity index (χ1n) is 9.44. The minimum absolute atomic E-state index is 0.130. The van der Waals surface area contributed by atoms with Gasteiger partial charge in [-0.25, -0.2) is 9.59 Å². The van der Waals surface area contributed by atoms with Gasteiger partial charge in [0.2, 0.25) is 0 Å². The first kappa shape index (κ1) is 20.9. The summed E-state index contributed by atoms with van der Waals surface area (Å²) in [5.74, 6) is 0.789. The van der Waals surface area contributed by atoms with Crippen LogP contribution in [0, 0.1) is 0 Å². The molecule has 0 N–H and O–H groups in total. The van der Waals surface area contributed by atoms with Crippen LogP contribution in [-0.4, -0.2) is 30.1 Å². The Morgan fingerprint density at radius 3 is 1.40 bits per heavy atom. The summed E-state index contributed by atoms with van der Waals surface area (Å²) in [6, 6.07) is 14.7. The number of pyridine rings is 1. The summed E-state index contributed by atoms with van der Waals surface area (Å²) in [6.45, 7) is 4.86. The molecule has 0 amide bonds. The van der Waals surface area contributed by atoms with Crippen molar-refractivity contribution >= 4 is 11.9 Å². The van der Waals surface area contributed by atoms with Crippen molar-refractivity contribution < 1.29 is 28.5 Å². The van der Waals surface area contributed by atoms with Gasteiger partial charge in [0, 0.05) is 12.4 Å².